The summed E-state index contributed by atoms with van der Waals surface area (Å²) >= 11 is 0. The summed E-state index contributed by atoms with van der Waals surface area (Å²) in [5, 5.41) is 3.74. The lowest BCUT2D eigenvalue weighted by molar-refractivity contribution is 0.157. The molecule has 0 amide bonds. The number of nitrogens with zero attached hydrogens (tertiary/aromatic N) is 2. The topological polar surface area (TPSA) is 18.5 Å². The van der Waals surface area contributed by atoms with Crippen LogP contribution >= 0.6 is 0 Å². The molecule has 2 atom stereocenters. The first-order valence-corrected chi connectivity index (χ1v) is 8.20. The molecule has 1 saturated heterocycles. The molecule has 2 aliphatic rings. The molecule has 0 bridgehead atoms. The van der Waals surface area contributed by atoms with Crippen molar-refractivity contribution in [2.24, 2.45) is 5.41 Å². The summed E-state index contributed by atoms with van der Waals surface area (Å²) < 4.78 is 0. The van der Waals surface area contributed by atoms with Gasteiger partial charge in [-0.1, -0.05) is 20.8 Å². The second-order valence-corrected chi connectivity index (χ2v) is 7.16. The van der Waals surface area contributed by atoms with Crippen LogP contribution in [0.5, 0.6) is 0 Å². The summed E-state index contributed by atoms with van der Waals surface area (Å²) in [5.41, 5.74) is 0.447. The Labute approximate surface area is 119 Å². The van der Waals surface area contributed by atoms with Gasteiger partial charge in [0.05, 0.1) is 0 Å². The Morgan fingerprint density at radius 3 is 2.58 bits per heavy atom. The van der Waals surface area contributed by atoms with E-state index in [1.165, 1.54) is 51.9 Å². The first-order valence-electron chi connectivity index (χ1n) is 8.20. The maximum absolute atomic E-state index is 3.74. The molecule has 0 aromatic heterocycles. The third kappa shape index (κ3) is 3.71. The highest BCUT2D eigenvalue weighted by molar-refractivity contribution is 5.00. The molecule has 0 aromatic rings. The molecule has 2 fully saturated rings. The highest BCUT2D eigenvalue weighted by Gasteiger charge is 2.42. The molecule has 19 heavy (non-hydrogen) atoms. The molecule has 1 N–H and O–H groups in total. The predicted molar refractivity (Wildman–Crippen MR) is 82.6 cm³/mol. The van der Waals surface area contributed by atoms with Gasteiger partial charge < -0.3 is 15.1 Å². The minimum Gasteiger partial charge on any atom is -0.312 e. The predicted octanol–water partition coefficient (Wildman–Crippen LogP) is 2.18. The summed E-state index contributed by atoms with van der Waals surface area (Å²) in [6.45, 7) is 13.3. The summed E-state index contributed by atoms with van der Waals surface area (Å²) in [7, 11) is 2.33. The molecule has 112 valence electrons. The summed E-state index contributed by atoms with van der Waals surface area (Å²) in [6.07, 6.45) is 5.50. The number of likely N-dealkylation sites (tertiary alicyclic amines) is 1. The number of likely N-dealkylation sites (N-methyl/N-ethyl adjacent to an activating group) is 2. The van der Waals surface area contributed by atoms with Crippen molar-refractivity contribution in [1.82, 2.24) is 15.1 Å². The Morgan fingerprint density at radius 2 is 1.95 bits per heavy atom. The first-order chi connectivity index (χ1) is 9.04. The Hall–Kier alpha value is -0.120. The second kappa shape index (κ2) is 6.55. The Kier molecular flexibility index (Phi) is 5.27. The normalized spacial score (nSPS) is 31.4. The highest BCUT2D eigenvalue weighted by Crippen LogP contribution is 2.39. The fraction of sp³-hybridized carbons (Fsp3) is 1.00. The van der Waals surface area contributed by atoms with E-state index in [4.69, 9.17) is 0 Å². The van der Waals surface area contributed by atoms with Crippen LogP contribution in [0, 0.1) is 5.41 Å². The Balaban J connectivity index is 1.84. The lowest BCUT2D eigenvalue weighted by atomic mass is 9.86. The van der Waals surface area contributed by atoms with Gasteiger partial charge in [-0.2, -0.15) is 0 Å². The molecular formula is C16H33N3. The van der Waals surface area contributed by atoms with Crippen molar-refractivity contribution in [2.75, 3.05) is 39.8 Å². The van der Waals surface area contributed by atoms with E-state index in [2.05, 4.69) is 42.9 Å². The van der Waals surface area contributed by atoms with Gasteiger partial charge >= 0.3 is 0 Å². The number of hydrogen-bond acceptors (Lipinski definition) is 3. The maximum atomic E-state index is 3.74. The molecule has 3 nitrogen and oxygen atoms in total. The van der Waals surface area contributed by atoms with Crippen LogP contribution in [0.3, 0.4) is 0 Å². The number of nitrogens with one attached hydrogen (secondary N) is 1. The second-order valence-electron chi connectivity index (χ2n) is 7.16. The lowest BCUT2D eigenvalue weighted by Crippen LogP contribution is -2.51. The molecule has 1 heterocycles. The average molecular weight is 267 g/mol. The zero-order chi connectivity index (χ0) is 13.9. The summed E-state index contributed by atoms with van der Waals surface area (Å²) in [6, 6.07) is 1.37. The molecular weight excluding hydrogens is 234 g/mol. The van der Waals surface area contributed by atoms with Crippen molar-refractivity contribution in [3.63, 3.8) is 0 Å². The molecule has 2 rings (SSSR count). The van der Waals surface area contributed by atoms with Crippen LogP contribution in [0.2, 0.25) is 0 Å². The highest BCUT2D eigenvalue weighted by atomic mass is 15.2. The zero-order valence-electron chi connectivity index (χ0n) is 13.4. The summed E-state index contributed by atoms with van der Waals surface area (Å²) in [5.74, 6) is 0. The van der Waals surface area contributed by atoms with Gasteiger partial charge in [-0.3, -0.25) is 0 Å². The molecule has 3 heteroatoms. The van der Waals surface area contributed by atoms with Gasteiger partial charge in [-0.05, 0) is 57.8 Å². The lowest BCUT2D eigenvalue weighted by Gasteiger charge is -2.36. The average Bonchev–Trinajstić information content (AvgIpc) is 2.96. The van der Waals surface area contributed by atoms with Gasteiger partial charge in [0, 0.05) is 25.2 Å². The summed E-state index contributed by atoms with van der Waals surface area (Å²) in [4.78, 5) is 5.24. The van der Waals surface area contributed by atoms with Crippen LogP contribution in [0.4, 0.5) is 0 Å². The van der Waals surface area contributed by atoms with E-state index < -0.39 is 0 Å². The van der Waals surface area contributed by atoms with E-state index >= 15 is 0 Å². The van der Waals surface area contributed by atoms with Crippen molar-refractivity contribution in [1.29, 1.82) is 0 Å². The van der Waals surface area contributed by atoms with Gasteiger partial charge in [0.25, 0.3) is 0 Å². The van der Waals surface area contributed by atoms with Gasteiger partial charge in [0.15, 0.2) is 0 Å². The van der Waals surface area contributed by atoms with Crippen LogP contribution in [0.25, 0.3) is 0 Å². The van der Waals surface area contributed by atoms with Crippen molar-refractivity contribution in [2.45, 2.75) is 58.5 Å². The quantitative estimate of drug-likeness (QED) is 0.796. The van der Waals surface area contributed by atoms with Gasteiger partial charge in [-0.25, -0.2) is 0 Å². The van der Waals surface area contributed by atoms with Gasteiger partial charge in [0.1, 0.15) is 0 Å². The molecule has 1 aliphatic carbocycles. The Morgan fingerprint density at radius 1 is 1.26 bits per heavy atom. The number of hydrogen-bond donors (Lipinski definition) is 1. The fourth-order valence-corrected chi connectivity index (χ4v) is 3.94. The molecule has 1 aliphatic heterocycles. The van der Waals surface area contributed by atoms with Crippen LogP contribution in [-0.2, 0) is 0 Å². The zero-order valence-corrected chi connectivity index (χ0v) is 13.4. The molecule has 0 aromatic carbocycles. The van der Waals surface area contributed by atoms with Crippen LogP contribution in [0.1, 0.15) is 46.5 Å². The van der Waals surface area contributed by atoms with E-state index in [1.807, 2.05) is 0 Å². The van der Waals surface area contributed by atoms with Gasteiger partial charge in [-0.15, -0.1) is 0 Å². The third-order valence-corrected chi connectivity index (χ3v) is 5.27. The minimum absolute atomic E-state index is 0.447. The maximum Gasteiger partial charge on any atom is 0.0274 e. The fourth-order valence-electron chi connectivity index (χ4n) is 3.94. The van der Waals surface area contributed by atoms with E-state index in [0.29, 0.717) is 11.5 Å². The molecule has 0 radical (unpaired) electrons. The Bertz CT molecular complexity index is 271. The molecule has 1 saturated carbocycles. The standard InChI is InChI=1S/C16H33N3/c1-5-17-15-14(8-9-16(15,2)3)18(4)12-13-19-10-6-7-11-19/h14-15,17H,5-13H2,1-4H3. The van der Waals surface area contributed by atoms with Crippen LogP contribution < -0.4 is 5.32 Å². The van der Waals surface area contributed by atoms with E-state index in [9.17, 15) is 0 Å². The van der Waals surface area contributed by atoms with Crippen molar-refractivity contribution in [3.05, 3.63) is 0 Å². The van der Waals surface area contributed by atoms with E-state index in [0.717, 1.165) is 12.6 Å². The smallest absolute Gasteiger partial charge is 0.0274 e. The van der Waals surface area contributed by atoms with Gasteiger partial charge in [0.2, 0.25) is 0 Å². The van der Waals surface area contributed by atoms with Crippen LogP contribution in [-0.4, -0.2) is 61.7 Å². The SMILES string of the molecule is CCNC1C(N(C)CCN2CCCC2)CCC1(C)C. The molecule has 0 spiro atoms. The number of rotatable bonds is 6. The van der Waals surface area contributed by atoms with Crippen molar-refractivity contribution in [3.8, 4) is 0 Å². The minimum atomic E-state index is 0.447. The third-order valence-electron chi connectivity index (χ3n) is 5.27. The monoisotopic (exact) mass is 267 g/mol. The largest absolute Gasteiger partial charge is 0.312 e. The van der Waals surface area contributed by atoms with E-state index in [1.54, 1.807) is 0 Å². The van der Waals surface area contributed by atoms with E-state index in [-0.39, 0.29) is 0 Å². The van der Waals surface area contributed by atoms with Crippen molar-refractivity contribution >= 4 is 0 Å². The first kappa shape index (κ1) is 15.3. The van der Waals surface area contributed by atoms with Crippen molar-refractivity contribution < 1.29 is 0 Å². The van der Waals surface area contributed by atoms with Crippen LogP contribution in [0.15, 0.2) is 0 Å². The molecule has 2 unspecified atom stereocenters.